The Morgan fingerprint density at radius 3 is 0.950 bits per heavy atom. The highest BCUT2D eigenvalue weighted by molar-refractivity contribution is 7.47. The molecule has 3 unspecified atom stereocenters. The van der Waals surface area contributed by atoms with Crippen LogP contribution in [0.15, 0.2) is 0 Å². The van der Waals surface area contributed by atoms with E-state index in [2.05, 4.69) is 41.5 Å². The van der Waals surface area contributed by atoms with E-state index in [1.165, 1.54) is 89.9 Å². The van der Waals surface area contributed by atoms with E-state index in [1.807, 2.05) is 0 Å². The third-order valence-corrected chi connectivity index (χ3v) is 16.2. The Labute approximate surface area is 486 Å². The Morgan fingerprint density at radius 2 is 0.637 bits per heavy atom. The fourth-order valence-electron chi connectivity index (χ4n) is 8.97. The van der Waals surface area contributed by atoms with E-state index in [9.17, 15) is 43.2 Å². The summed E-state index contributed by atoms with van der Waals surface area (Å²) in [4.78, 5) is 71.9. The lowest BCUT2D eigenvalue weighted by Crippen LogP contribution is -2.30. The second-order valence-corrected chi connectivity index (χ2v) is 25.7. The molecule has 0 aliphatic carbocycles. The van der Waals surface area contributed by atoms with Gasteiger partial charge in [0.1, 0.15) is 19.3 Å². The van der Waals surface area contributed by atoms with Gasteiger partial charge in [0.05, 0.1) is 26.4 Å². The SMILES string of the molecule is CCCCCCCCCCC(=O)O[C@H](COC(=O)CCCCCCCCC)COP(=O)(O)OC[C@H](O)COP(=O)(O)OC[C@@H](COC(=O)CCCCCCCCC(C)CC)OC(=O)CCCCCCCCCCCCCCC(C)C. The highest BCUT2D eigenvalue weighted by atomic mass is 31.2. The summed E-state index contributed by atoms with van der Waals surface area (Å²) in [6.45, 7) is 9.37. The van der Waals surface area contributed by atoms with E-state index < -0.39 is 97.5 Å². The molecule has 0 amide bonds. The molecule has 0 spiro atoms. The number of esters is 4. The van der Waals surface area contributed by atoms with Gasteiger partial charge in [0.15, 0.2) is 12.2 Å². The first kappa shape index (κ1) is 78.1. The van der Waals surface area contributed by atoms with Crippen LogP contribution in [-0.2, 0) is 65.4 Å². The molecule has 0 bridgehead atoms. The van der Waals surface area contributed by atoms with Crippen molar-refractivity contribution in [1.29, 1.82) is 0 Å². The average Bonchev–Trinajstić information content (AvgIpc) is 3.42. The lowest BCUT2D eigenvalue weighted by molar-refractivity contribution is -0.161. The maximum absolute atomic E-state index is 12.9. The van der Waals surface area contributed by atoms with Gasteiger partial charge in [-0.1, -0.05) is 247 Å². The van der Waals surface area contributed by atoms with Crippen molar-refractivity contribution in [2.75, 3.05) is 39.6 Å². The van der Waals surface area contributed by atoms with Gasteiger partial charge in [0, 0.05) is 25.7 Å². The van der Waals surface area contributed by atoms with Crippen molar-refractivity contribution in [1.82, 2.24) is 0 Å². The van der Waals surface area contributed by atoms with Crippen molar-refractivity contribution in [3.8, 4) is 0 Å². The van der Waals surface area contributed by atoms with Gasteiger partial charge in [0.25, 0.3) is 0 Å². The molecule has 19 heteroatoms. The van der Waals surface area contributed by atoms with Gasteiger partial charge in [-0.05, 0) is 37.5 Å². The van der Waals surface area contributed by atoms with Crippen molar-refractivity contribution in [3.63, 3.8) is 0 Å². The fraction of sp³-hybridized carbons (Fsp3) is 0.934. The van der Waals surface area contributed by atoms with Crippen LogP contribution in [-0.4, -0.2) is 96.7 Å². The Balaban J connectivity index is 5.20. The molecular formula is C61H118O17P2. The Kier molecular flexibility index (Phi) is 52.5. The van der Waals surface area contributed by atoms with Crippen LogP contribution in [0.25, 0.3) is 0 Å². The molecule has 3 N–H and O–H groups in total. The Hall–Kier alpha value is -1.94. The van der Waals surface area contributed by atoms with Gasteiger partial charge in [-0.25, -0.2) is 9.13 Å². The Bertz CT molecular complexity index is 1580. The number of aliphatic hydroxyl groups excluding tert-OH is 1. The number of carbonyl (C=O) groups excluding carboxylic acids is 4. The lowest BCUT2D eigenvalue weighted by atomic mass is 10.00. The minimum Gasteiger partial charge on any atom is -0.462 e. The monoisotopic (exact) mass is 1180 g/mol. The third-order valence-electron chi connectivity index (χ3n) is 14.3. The molecule has 0 rings (SSSR count). The number of hydrogen-bond donors (Lipinski definition) is 3. The molecule has 17 nitrogen and oxygen atoms in total. The van der Waals surface area contributed by atoms with E-state index >= 15 is 0 Å². The predicted octanol–water partition coefficient (Wildman–Crippen LogP) is 16.5. The minimum absolute atomic E-state index is 0.104. The number of hydrogen-bond acceptors (Lipinski definition) is 15. The van der Waals surface area contributed by atoms with Gasteiger partial charge >= 0.3 is 39.5 Å². The quantitative estimate of drug-likeness (QED) is 0.0222. The first-order chi connectivity index (χ1) is 38.4. The first-order valence-electron chi connectivity index (χ1n) is 32.0. The van der Waals surface area contributed by atoms with E-state index in [1.54, 1.807) is 0 Å². The predicted molar refractivity (Wildman–Crippen MR) is 317 cm³/mol. The molecule has 0 saturated heterocycles. The molecule has 0 aromatic rings. The van der Waals surface area contributed by atoms with Crippen LogP contribution in [0.1, 0.15) is 298 Å². The number of carbonyl (C=O) groups is 4. The summed E-state index contributed by atoms with van der Waals surface area (Å²) >= 11 is 0. The van der Waals surface area contributed by atoms with E-state index in [0.717, 1.165) is 127 Å². The zero-order valence-corrected chi connectivity index (χ0v) is 53.2. The maximum Gasteiger partial charge on any atom is 0.472 e. The minimum atomic E-state index is -4.94. The summed E-state index contributed by atoms with van der Waals surface area (Å²) < 4.78 is 67.7. The average molecular weight is 1190 g/mol. The molecule has 6 atom stereocenters. The molecular weight excluding hydrogens is 1070 g/mol. The third kappa shape index (κ3) is 54.0. The zero-order valence-electron chi connectivity index (χ0n) is 51.4. The normalized spacial score (nSPS) is 14.7. The second kappa shape index (κ2) is 53.8. The first-order valence-corrected chi connectivity index (χ1v) is 35.0. The number of rotatable bonds is 60. The smallest absolute Gasteiger partial charge is 0.462 e. The molecule has 0 aromatic carbocycles. The van der Waals surface area contributed by atoms with Crippen molar-refractivity contribution in [2.24, 2.45) is 11.8 Å². The molecule has 0 aliphatic heterocycles. The standard InChI is InChI=1S/C61H118O17P2/c1-7-10-12-14-16-25-33-39-45-60(65)77-56(49-71-58(63)43-37-31-23-15-13-11-8-2)51-75-79(67,68)73-47-55(62)48-74-80(69,70)76-52-57(50-72-59(64)44-38-32-28-27-30-36-42-54(6)9-3)78-61(66)46-40-34-26-22-20-18-17-19-21-24-29-35-41-53(4)5/h53-57,62H,7-52H2,1-6H3,(H,67,68)(H,69,70)/t54?,55-,56+,57+/m0/s1. The lowest BCUT2D eigenvalue weighted by Gasteiger charge is -2.21. The van der Waals surface area contributed by atoms with Crippen LogP contribution < -0.4 is 0 Å². The van der Waals surface area contributed by atoms with Crippen LogP contribution in [0.3, 0.4) is 0 Å². The molecule has 0 saturated carbocycles. The zero-order chi connectivity index (χ0) is 59.4. The van der Waals surface area contributed by atoms with E-state index in [4.69, 9.17) is 37.0 Å². The van der Waals surface area contributed by atoms with Crippen LogP contribution in [0.4, 0.5) is 0 Å². The van der Waals surface area contributed by atoms with Crippen molar-refractivity contribution < 1.29 is 80.2 Å². The van der Waals surface area contributed by atoms with Crippen LogP contribution in [0, 0.1) is 11.8 Å². The van der Waals surface area contributed by atoms with Gasteiger partial charge in [-0.15, -0.1) is 0 Å². The van der Waals surface area contributed by atoms with Gasteiger partial charge in [0.2, 0.25) is 0 Å². The van der Waals surface area contributed by atoms with Crippen molar-refractivity contribution in [2.45, 2.75) is 317 Å². The topological polar surface area (TPSA) is 237 Å². The second-order valence-electron chi connectivity index (χ2n) is 22.8. The summed E-state index contributed by atoms with van der Waals surface area (Å²) in [6.07, 6.45) is 35.0. The molecule has 0 fully saturated rings. The fourth-order valence-corrected chi connectivity index (χ4v) is 10.5. The molecule has 0 aromatic heterocycles. The van der Waals surface area contributed by atoms with Crippen LogP contribution >= 0.6 is 15.6 Å². The van der Waals surface area contributed by atoms with Gasteiger partial charge in [-0.3, -0.25) is 37.3 Å². The molecule has 0 radical (unpaired) electrons. The summed E-state index contributed by atoms with van der Waals surface area (Å²) in [6, 6.07) is 0. The van der Waals surface area contributed by atoms with Crippen molar-refractivity contribution >= 4 is 39.5 Å². The number of aliphatic hydroxyl groups is 1. The summed E-state index contributed by atoms with van der Waals surface area (Å²) in [5.41, 5.74) is 0. The molecule has 0 aliphatic rings. The van der Waals surface area contributed by atoms with E-state index in [-0.39, 0.29) is 25.7 Å². The molecule has 474 valence electrons. The summed E-state index contributed by atoms with van der Waals surface area (Å²) in [7, 11) is -9.87. The molecule has 0 heterocycles. The Morgan fingerprint density at radius 1 is 0.362 bits per heavy atom. The van der Waals surface area contributed by atoms with E-state index in [0.29, 0.717) is 25.7 Å². The highest BCUT2D eigenvalue weighted by Crippen LogP contribution is 2.45. The number of phosphoric acid groups is 2. The maximum atomic E-state index is 12.9. The van der Waals surface area contributed by atoms with Crippen LogP contribution in [0.2, 0.25) is 0 Å². The number of ether oxygens (including phenoxy) is 4. The summed E-state index contributed by atoms with van der Waals surface area (Å²) in [5, 5.41) is 10.5. The number of phosphoric ester groups is 2. The number of unbranched alkanes of at least 4 members (excludes halogenated alkanes) is 29. The summed E-state index contributed by atoms with van der Waals surface area (Å²) in [5.74, 6) is -0.638. The highest BCUT2D eigenvalue weighted by Gasteiger charge is 2.30. The van der Waals surface area contributed by atoms with Crippen molar-refractivity contribution in [3.05, 3.63) is 0 Å². The largest absolute Gasteiger partial charge is 0.472 e. The van der Waals surface area contributed by atoms with Gasteiger partial charge < -0.3 is 33.8 Å². The molecule has 80 heavy (non-hydrogen) atoms. The van der Waals surface area contributed by atoms with Gasteiger partial charge in [-0.2, -0.15) is 0 Å². The van der Waals surface area contributed by atoms with Crippen LogP contribution in [0.5, 0.6) is 0 Å².